The van der Waals surface area contributed by atoms with Crippen LogP contribution in [-0.4, -0.2) is 50.6 Å². The third-order valence-electron chi connectivity index (χ3n) is 6.03. The second kappa shape index (κ2) is 7.74. The highest BCUT2D eigenvalue weighted by Gasteiger charge is 2.27. The minimum absolute atomic E-state index is 0.0277. The SMILES string of the molecule is Cc1c(C(=O)N[C@@H]2CCCN(C3CCCCCC3)C2)cnc2ccnn12. The Bertz CT molecular complexity index is 763. The van der Waals surface area contributed by atoms with Crippen molar-refractivity contribution in [3.05, 3.63) is 29.7 Å². The smallest absolute Gasteiger partial charge is 0.254 e. The summed E-state index contributed by atoms with van der Waals surface area (Å²) in [5.41, 5.74) is 2.23. The summed E-state index contributed by atoms with van der Waals surface area (Å²) in [5, 5.41) is 7.51. The van der Waals surface area contributed by atoms with Crippen molar-refractivity contribution >= 4 is 11.6 Å². The highest BCUT2D eigenvalue weighted by Crippen LogP contribution is 2.25. The molecule has 1 aliphatic heterocycles. The van der Waals surface area contributed by atoms with Crippen molar-refractivity contribution in [2.75, 3.05) is 13.1 Å². The van der Waals surface area contributed by atoms with Crippen molar-refractivity contribution < 1.29 is 4.79 Å². The molecule has 1 amide bonds. The average molecular weight is 355 g/mol. The predicted molar refractivity (Wildman–Crippen MR) is 101 cm³/mol. The maximum atomic E-state index is 12.8. The Morgan fingerprint density at radius 1 is 1.15 bits per heavy atom. The fraction of sp³-hybridized carbons (Fsp3) is 0.650. The molecule has 2 aromatic heterocycles. The number of fused-ring (bicyclic) bond motifs is 1. The van der Waals surface area contributed by atoms with E-state index in [0.717, 1.165) is 30.7 Å². The number of nitrogens with zero attached hydrogens (tertiary/aromatic N) is 4. The minimum atomic E-state index is -0.0277. The first-order chi connectivity index (χ1) is 12.7. The fourth-order valence-corrected chi connectivity index (χ4v) is 4.56. The van der Waals surface area contributed by atoms with Crippen molar-refractivity contribution in [2.24, 2.45) is 0 Å². The number of hydrogen-bond donors (Lipinski definition) is 1. The van der Waals surface area contributed by atoms with Gasteiger partial charge in [0.25, 0.3) is 5.91 Å². The van der Waals surface area contributed by atoms with Crippen LogP contribution in [0.15, 0.2) is 18.5 Å². The van der Waals surface area contributed by atoms with Gasteiger partial charge in [-0.2, -0.15) is 5.10 Å². The number of nitrogens with one attached hydrogen (secondary N) is 1. The molecule has 0 spiro atoms. The van der Waals surface area contributed by atoms with Gasteiger partial charge in [-0.15, -0.1) is 0 Å². The monoisotopic (exact) mass is 355 g/mol. The molecule has 1 saturated heterocycles. The number of amides is 1. The summed E-state index contributed by atoms with van der Waals surface area (Å²) in [5.74, 6) is -0.0277. The zero-order valence-corrected chi connectivity index (χ0v) is 15.7. The van der Waals surface area contributed by atoms with E-state index in [2.05, 4.69) is 20.3 Å². The first-order valence-corrected chi connectivity index (χ1v) is 10.1. The summed E-state index contributed by atoms with van der Waals surface area (Å²) < 4.78 is 1.73. The Morgan fingerprint density at radius 2 is 1.96 bits per heavy atom. The molecule has 26 heavy (non-hydrogen) atoms. The molecule has 0 bridgehead atoms. The van der Waals surface area contributed by atoms with Gasteiger partial charge in [-0.25, -0.2) is 9.50 Å². The largest absolute Gasteiger partial charge is 0.348 e. The van der Waals surface area contributed by atoms with E-state index < -0.39 is 0 Å². The molecule has 0 aromatic carbocycles. The van der Waals surface area contributed by atoms with E-state index in [1.165, 1.54) is 45.1 Å². The zero-order valence-electron chi connectivity index (χ0n) is 15.7. The molecule has 140 valence electrons. The Labute approximate surface area is 155 Å². The van der Waals surface area contributed by atoms with Gasteiger partial charge in [-0.05, 0) is 39.2 Å². The molecule has 4 rings (SSSR count). The zero-order chi connectivity index (χ0) is 17.9. The third-order valence-corrected chi connectivity index (χ3v) is 6.03. The summed E-state index contributed by atoms with van der Waals surface area (Å²) in [7, 11) is 0. The number of likely N-dealkylation sites (tertiary alicyclic amines) is 1. The van der Waals surface area contributed by atoms with Gasteiger partial charge < -0.3 is 5.32 Å². The van der Waals surface area contributed by atoms with Gasteiger partial charge in [0.2, 0.25) is 0 Å². The first kappa shape index (κ1) is 17.5. The van der Waals surface area contributed by atoms with Crippen molar-refractivity contribution in [3.8, 4) is 0 Å². The van der Waals surface area contributed by atoms with Crippen LogP contribution in [0.3, 0.4) is 0 Å². The molecule has 1 N–H and O–H groups in total. The highest BCUT2D eigenvalue weighted by molar-refractivity contribution is 5.95. The number of aryl methyl sites for hydroxylation is 1. The lowest BCUT2D eigenvalue weighted by atomic mass is 9.99. The van der Waals surface area contributed by atoms with E-state index in [9.17, 15) is 4.79 Å². The molecule has 0 unspecified atom stereocenters. The molecular formula is C20H29N5O. The van der Waals surface area contributed by atoms with Crippen LogP contribution in [0, 0.1) is 6.92 Å². The van der Waals surface area contributed by atoms with Crippen molar-refractivity contribution in [3.63, 3.8) is 0 Å². The molecule has 3 heterocycles. The third kappa shape index (κ3) is 3.61. The van der Waals surface area contributed by atoms with Crippen LogP contribution in [0.2, 0.25) is 0 Å². The molecule has 2 aliphatic rings. The van der Waals surface area contributed by atoms with E-state index in [-0.39, 0.29) is 11.9 Å². The molecule has 0 radical (unpaired) electrons. The molecule has 2 fully saturated rings. The molecular weight excluding hydrogens is 326 g/mol. The quantitative estimate of drug-likeness (QED) is 0.860. The van der Waals surface area contributed by atoms with Crippen molar-refractivity contribution in [1.82, 2.24) is 24.8 Å². The summed E-state index contributed by atoms with van der Waals surface area (Å²) in [4.78, 5) is 19.8. The Balaban J connectivity index is 1.42. The molecule has 1 saturated carbocycles. The van der Waals surface area contributed by atoms with Crippen molar-refractivity contribution in [2.45, 2.75) is 70.4 Å². The van der Waals surface area contributed by atoms with Gasteiger partial charge in [0.1, 0.15) is 0 Å². The summed E-state index contributed by atoms with van der Waals surface area (Å²) in [6.45, 7) is 4.08. The Morgan fingerprint density at radius 3 is 2.77 bits per heavy atom. The predicted octanol–water partition coefficient (Wildman–Crippen LogP) is 2.95. The van der Waals surface area contributed by atoms with Crippen LogP contribution < -0.4 is 5.32 Å². The van der Waals surface area contributed by atoms with E-state index >= 15 is 0 Å². The Hall–Kier alpha value is -1.95. The van der Waals surface area contributed by atoms with E-state index in [1.807, 2.05) is 13.0 Å². The van der Waals surface area contributed by atoms with Gasteiger partial charge in [0.15, 0.2) is 5.65 Å². The number of carbonyl (C=O) groups is 1. The lowest BCUT2D eigenvalue weighted by molar-refractivity contribution is 0.0859. The fourth-order valence-electron chi connectivity index (χ4n) is 4.56. The molecule has 6 nitrogen and oxygen atoms in total. The molecule has 6 heteroatoms. The number of rotatable bonds is 3. The van der Waals surface area contributed by atoms with Crippen molar-refractivity contribution in [1.29, 1.82) is 0 Å². The van der Waals surface area contributed by atoms with E-state index in [0.29, 0.717) is 11.6 Å². The topological polar surface area (TPSA) is 62.5 Å². The maximum absolute atomic E-state index is 12.8. The lowest BCUT2D eigenvalue weighted by Gasteiger charge is -2.38. The first-order valence-electron chi connectivity index (χ1n) is 10.1. The van der Waals surface area contributed by atoms with Gasteiger partial charge in [-0.3, -0.25) is 9.69 Å². The number of piperidine rings is 1. The second-order valence-electron chi connectivity index (χ2n) is 7.81. The number of carbonyl (C=O) groups excluding carboxylic acids is 1. The minimum Gasteiger partial charge on any atom is -0.348 e. The maximum Gasteiger partial charge on any atom is 0.254 e. The van der Waals surface area contributed by atoms with Gasteiger partial charge >= 0.3 is 0 Å². The lowest BCUT2D eigenvalue weighted by Crippen LogP contribution is -2.51. The van der Waals surface area contributed by atoms with Gasteiger partial charge in [0, 0.05) is 30.9 Å². The van der Waals surface area contributed by atoms with Crippen LogP contribution in [0.1, 0.15) is 67.4 Å². The average Bonchev–Trinajstić information content (AvgIpc) is 2.97. The number of aromatic nitrogens is 3. The molecule has 1 atom stereocenters. The van der Waals surface area contributed by atoms with E-state index in [1.54, 1.807) is 16.9 Å². The van der Waals surface area contributed by atoms with Crippen LogP contribution in [-0.2, 0) is 0 Å². The van der Waals surface area contributed by atoms with Crippen LogP contribution >= 0.6 is 0 Å². The van der Waals surface area contributed by atoms with Crippen LogP contribution in [0.25, 0.3) is 5.65 Å². The highest BCUT2D eigenvalue weighted by atomic mass is 16.1. The summed E-state index contributed by atoms with van der Waals surface area (Å²) in [6.07, 6.45) is 13.7. The summed E-state index contributed by atoms with van der Waals surface area (Å²) in [6, 6.07) is 2.79. The number of hydrogen-bond acceptors (Lipinski definition) is 4. The van der Waals surface area contributed by atoms with Gasteiger partial charge in [0.05, 0.1) is 17.5 Å². The normalized spacial score (nSPS) is 23.0. The van der Waals surface area contributed by atoms with Crippen LogP contribution in [0.5, 0.6) is 0 Å². The second-order valence-corrected chi connectivity index (χ2v) is 7.81. The molecule has 2 aromatic rings. The summed E-state index contributed by atoms with van der Waals surface area (Å²) >= 11 is 0. The Kier molecular flexibility index (Phi) is 5.20. The van der Waals surface area contributed by atoms with E-state index in [4.69, 9.17) is 0 Å². The van der Waals surface area contributed by atoms with Gasteiger partial charge in [-0.1, -0.05) is 25.7 Å². The molecule has 1 aliphatic carbocycles. The van der Waals surface area contributed by atoms with Crippen LogP contribution in [0.4, 0.5) is 0 Å². The standard InChI is InChI=1S/C20H29N5O/c1-15-18(13-21-19-10-11-22-25(15)19)20(26)23-16-7-6-12-24(14-16)17-8-4-2-3-5-9-17/h10-11,13,16-17H,2-9,12,14H2,1H3,(H,23,26)/t16-/m1/s1.